The maximum absolute atomic E-state index is 12.0. The van der Waals surface area contributed by atoms with E-state index in [4.69, 9.17) is 14.6 Å². The summed E-state index contributed by atoms with van der Waals surface area (Å²) in [4.78, 5) is 23.6. The summed E-state index contributed by atoms with van der Waals surface area (Å²) in [5.41, 5.74) is 2.80. The molecular weight excluding hydrogens is 420 g/mol. The summed E-state index contributed by atoms with van der Waals surface area (Å²) in [6.45, 7) is 4.97. The number of carbonyl (C=O) groups excluding carboxylic acids is 2. The van der Waals surface area contributed by atoms with Crippen molar-refractivity contribution in [3.63, 3.8) is 0 Å². The van der Waals surface area contributed by atoms with Crippen molar-refractivity contribution in [1.82, 2.24) is 15.1 Å². The molecule has 3 aromatic rings. The Kier molecular flexibility index (Phi) is 6.73. The molecule has 4 rings (SSSR count). The Morgan fingerprint density at radius 3 is 2.82 bits per heavy atom. The molecule has 0 fully saturated rings. The lowest BCUT2D eigenvalue weighted by atomic mass is 10.1. The minimum absolute atomic E-state index is 0.0759. The first-order valence-corrected chi connectivity index (χ1v) is 10.7. The van der Waals surface area contributed by atoms with Crippen LogP contribution in [0.1, 0.15) is 28.4 Å². The molecule has 2 heterocycles. The van der Waals surface area contributed by atoms with Crippen LogP contribution in [0.25, 0.3) is 11.3 Å². The minimum atomic E-state index is -0.242. The number of amides is 1. The summed E-state index contributed by atoms with van der Waals surface area (Å²) in [7, 11) is 1.58. The predicted molar refractivity (Wildman–Crippen MR) is 126 cm³/mol. The molecule has 2 aromatic carbocycles. The number of aldehydes is 1. The molecule has 1 aromatic heterocycles. The predicted octanol–water partition coefficient (Wildman–Crippen LogP) is 3.61. The van der Waals surface area contributed by atoms with Gasteiger partial charge in [-0.15, -0.1) is 0 Å². The van der Waals surface area contributed by atoms with Crippen LogP contribution in [0.15, 0.2) is 61.2 Å². The van der Waals surface area contributed by atoms with Gasteiger partial charge in [0.05, 0.1) is 18.7 Å². The topological polar surface area (TPSA) is 94.5 Å². The van der Waals surface area contributed by atoms with Crippen LogP contribution in [0.4, 0.5) is 5.82 Å². The maximum Gasteiger partial charge on any atom is 0.243 e. The van der Waals surface area contributed by atoms with E-state index in [0.717, 1.165) is 23.8 Å². The Hall–Kier alpha value is -4.07. The second-order valence-corrected chi connectivity index (χ2v) is 7.63. The van der Waals surface area contributed by atoms with Crippen molar-refractivity contribution in [1.29, 1.82) is 0 Å². The van der Waals surface area contributed by atoms with Crippen LogP contribution in [0.2, 0.25) is 0 Å². The Bertz CT molecular complexity index is 1160. The molecule has 0 saturated heterocycles. The number of nitrogens with one attached hydrogen (secondary N) is 2. The molecule has 1 aliphatic heterocycles. The normalized spacial score (nSPS) is 14.5. The number of hydrogen-bond acceptors (Lipinski definition) is 6. The van der Waals surface area contributed by atoms with Gasteiger partial charge in [-0.3, -0.25) is 9.59 Å². The fourth-order valence-corrected chi connectivity index (χ4v) is 3.84. The fraction of sp³-hybridized carbons (Fsp3) is 0.240. The van der Waals surface area contributed by atoms with Crippen molar-refractivity contribution in [2.75, 3.05) is 25.5 Å². The molecule has 1 amide bonds. The zero-order valence-electron chi connectivity index (χ0n) is 18.4. The van der Waals surface area contributed by atoms with E-state index in [0.29, 0.717) is 48.3 Å². The smallest absolute Gasteiger partial charge is 0.243 e. The van der Waals surface area contributed by atoms with Gasteiger partial charge in [0.15, 0.2) is 17.8 Å². The van der Waals surface area contributed by atoms with E-state index < -0.39 is 0 Å². The number of nitrogens with zero attached hydrogens (tertiary/aromatic N) is 2. The first kappa shape index (κ1) is 22.1. The van der Waals surface area contributed by atoms with Crippen molar-refractivity contribution < 1.29 is 19.1 Å². The largest absolute Gasteiger partial charge is 0.493 e. The van der Waals surface area contributed by atoms with Gasteiger partial charge in [0.25, 0.3) is 0 Å². The van der Waals surface area contributed by atoms with Crippen LogP contribution in [0.3, 0.4) is 0 Å². The van der Waals surface area contributed by atoms with Gasteiger partial charge in [-0.1, -0.05) is 36.9 Å². The van der Waals surface area contributed by atoms with Gasteiger partial charge in [0.2, 0.25) is 5.91 Å². The van der Waals surface area contributed by atoms with Crippen LogP contribution in [0.5, 0.6) is 11.5 Å². The number of aromatic nitrogens is 2. The molecule has 0 saturated carbocycles. The van der Waals surface area contributed by atoms with E-state index in [1.165, 1.54) is 6.08 Å². The van der Waals surface area contributed by atoms with Gasteiger partial charge in [-0.25, -0.2) is 4.68 Å². The average Bonchev–Trinajstić information content (AvgIpc) is 3.25. The second-order valence-electron chi connectivity index (χ2n) is 7.63. The summed E-state index contributed by atoms with van der Waals surface area (Å²) in [5.74, 6) is 1.56. The highest BCUT2D eigenvalue weighted by Crippen LogP contribution is 2.37. The quantitative estimate of drug-likeness (QED) is 0.385. The number of ether oxygens (including phenoxy) is 2. The third-order valence-corrected chi connectivity index (χ3v) is 5.55. The molecule has 0 bridgehead atoms. The van der Waals surface area contributed by atoms with Gasteiger partial charge in [0.1, 0.15) is 18.1 Å². The molecule has 0 radical (unpaired) electrons. The number of rotatable bonds is 9. The molecule has 0 aliphatic carbocycles. The van der Waals surface area contributed by atoms with Crippen molar-refractivity contribution in [3.05, 3.63) is 72.3 Å². The zero-order valence-corrected chi connectivity index (χ0v) is 18.4. The molecule has 0 spiro atoms. The number of hydrogen-bond donors (Lipinski definition) is 2. The van der Waals surface area contributed by atoms with Crippen molar-refractivity contribution in [3.8, 4) is 22.8 Å². The van der Waals surface area contributed by atoms with Crippen LogP contribution in [-0.2, 0) is 11.4 Å². The SMILES string of the molecule is C=CC(=O)NCC1CCNc2c(C=O)c(-c3ccc(OCc4ccccc4)c(OC)c3)nn21. The zero-order chi connectivity index (χ0) is 23.2. The second kappa shape index (κ2) is 10.0. The van der Waals surface area contributed by atoms with E-state index in [2.05, 4.69) is 17.2 Å². The van der Waals surface area contributed by atoms with E-state index in [-0.39, 0.29) is 11.9 Å². The third-order valence-electron chi connectivity index (χ3n) is 5.55. The standard InChI is InChI=1S/C25H26N4O4/c1-3-23(31)27-14-19-11-12-26-25-20(15-30)24(28-29(19)25)18-9-10-21(22(13-18)32-2)33-16-17-7-5-4-6-8-17/h3-10,13,15,19,26H,1,11-12,14,16H2,2H3,(H,27,31). The van der Waals surface area contributed by atoms with Crippen LogP contribution >= 0.6 is 0 Å². The highest BCUT2D eigenvalue weighted by molar-refractivity contribution is 5.93. The Balaban J connectivity index is 1.62. The summed E-state index contributed by atoms with van der Waals surface area (Å²) >= 11 is 0. The van der Waals surface area contributed by atoms with Crippen LogP contribution in [-0.4, -0.2) is 42.2 Å². The van der Waals surface area contributed by atoms with Crippen LogP contribution in [0, 0.1) is 0 Å². The highest BCUT2D eigenvalue weighted by atomic mass is 16.5. The van der Waals surface area contributed by atoms with Gasteiger partial charge in [0, 0.05) is 18.7 Å². The van der Waals surface area contributed by atoms with Crippen molar-refractivity contribution in [2.24, 2.45) is 0 Å². The molecule has 170 valence electrons. The summed E-state index contributed by atoms with van der Waals surface area (Å²) < 4.78 is 13.3. The Morgan fingerprint density at radius 2 is 2.09 bits per heavy atom. The lowest BCUT2D eigenvalue weighted by Gasteiger charge is -2.25. The number of carbonyl (C=O) groups is 2. The van der Waals surface area contributed by atoms with Crippen molar-refractivity contribution in [2.45, 2.75) is 19.1 Å². The van der Waals surface area contributed by atoms with Crippen LogP contribution < -0.4 is 20.1 Å². The monoisotopic (exact) mass is 446 g/mol. The lowest BCUT2D eigenvalue weighted by Crippen LogP contribution is -2.34. The summed E-state index contributed by atoms with van der Waals surface area (Å²) in [5, 5.41) is 10.8. The fourth-order valence-electron chi connectivity index (χ4n) is 3.84. The van der Waals surface area contributed by atoms with Gasteiger partial charge in [-0.05, 0) is 36.3 Å². The third kappa shape index (κ3) is 4.74. The van der Waals surface area contributed by atoms with E-state index in [9.17, 15) is 9.59 Å². The summed E-state index contributed by atoms with van der Waals surface area (Å²) in [6, 6.07) is 15.3. The highest BCUT2D eigenvalue weighted by Gasteiger charge is 2.27. The first-order valence-electron chi connectivity index (χ1n) is 10.7. The average molecular weight is 447 g/mol. The number of fused-ring (bicyclic) bond motifs is 1. The van der Waals surface area contributed by atoms with E-state index in [1.807, 2.05) is 48.5 Å². The Labute approximate surface area is 192 Å². The first-order chi connectivity index (χ1) is 16.1. The maximum atomic E-state index is 12.0. The molecular formula is C25H26N4O4. The minimum Gasteiger partial charge on any atom is -0.493 e. The summed E-state index contributed by atoms with van der Waals surface area (Å²) in [6.07, 6.45) is 2.80. The van der Waals surface area contributed by atoms with Gasteiger partial charge < -0.3 is 20.1 Å². The van der Waals surface area contributed by atoms with Crippen molar-refractivity contribution >= 4 is 18.0 Å². The molecule has 33 heavy (non-hydrogen) atoms. The van der Waals surface area contributed by atoms with E-state index in [1.54, 1.807) is 11.8 Å². The van der Waals surface area contributed by atoms with Gasteiger partial charge >= 0.3 is 0 Å². The van der Waals surface area contributed by atoms with Gasteiger partial charge in [-0.2, -0.15) is 5.10 Å². The number of methoxy groups -OCH3 is 1. The molecule has 1 atom stereocenters. The van der Waals surface area contributed by atoms with E-state index >= 15 is 0 Å². The molecule has 8 heteroatoms. The lowest BCUT2D eigenvalue weighted by molar-refractivity contribution is -0.116. The molecule has 8 nitrogen and oxygen atoms in total. The Morgan fingerprint density at radius 1 is 1.27 bits per heavy atom. The number of anilines is 1. The molecule has 2 N–H and O–H groups in total. The molecule has 1 unspecified atom stereocenters. The number of benzene rings is 2. The molecule has 1 aliphatic rings.